The Balaban J connectivity index is 1.60. The molecule has 1 aliphatic heterocycles. The Morgan fingerprint density at radius 2 is 1.56 bits per heavy atom. The van der Waals surface area contributed by atoms with Crippen molar-refractivity contribution in [3.63, 3.8) is 0 Å². The summed E-state index contributed by atoms with van der Waals surface area (Å²) in [5.74, 6) is -0.330. The molecule has 0 fully saturated rings. The zero-order valence-corrected chi connectivity index (χ0v) is 17.7. The summed E-state index contributed by atoms with van der Waals surface area (Å²) in [5, 5.41) is 3.14. The van der Waals surface area contributed by atoms with Crippen molar-refractivity contribution in [3.05, 3.63) is 102 Å². The summed E-state index contributed by atoms with van der Waals surface area (Å²) in [7, 11) is 0. The molecule has 0 radical (unpaired) electrons. The fourth-order valence-corrected chi connectivity index (χ4v) is 3.61. The second-order valence-corrected chi connectivity index (χ2v) is 7.34. The van der Waals surface area contributed by atoms with E-state index >= 15 is 0 Å². The van der Waals surface area contributed by atoms with Gasteiger partial charge in [-0.05, 0) is 60.9 Å². The molecule has 0 saturated carbocycles. The maximum Gasteiger partial charge on any atom is 0.278 e. The number of hydrogen-bond acceptors (Lipinski definition) is 4. The van der Waals surface area contributed by atoms with E-state index in [1.54, 1.807) is 24.3 Å². The molecule has 0 atom stereocenters. The largest absolute Gasteiger partial charge is 0.494 e. The first kappa shape index (κ1) is 21.3. The van der Waals surface area contributed by atoms with Crippen molar-refractivity contribution >= 4 is 23.1 Å². The molecule has 32 heavy (non-hydrogen) atoms. The topological polar surface area (TPSA) is 58.6 Å². The average molecular weight is 430 g/mol. The maximum atomic E-state index is 13.3. The van der Waals surface area contributed by atoms with Crippen molar-refractivity contribution in [2.75, 3.05) is 18.5 Å². The van der Waals surface area contributed by atoms with Crippen molar-refractivity contribution in [3.8, 4) is 5.75 Å². The molecular weight excluding hydrogens is 407 g/mol. The smallest absolute Gasteiger partial charge is 0.278 e. The van der Waals surface area contributed by atoms with Crippen LogP contribution in [0.5, 0.6) is 5.75 Å². The molecule has 1 aliphatic rings. The van der Waals surface area contributed by atoms with Crippen LogP contribution in [0, 0.1) is 5.82 Å². The molecule has 162 valence electrons. The molecule has 0 spiro atoms. The Kier molecular flexibility index (Phi) is 6.31. The van der Waals surface area contributed by atoms with E-state index in [-0.39, 0.29) is 29.9 Å². The number of ether oxygens (including phenoxy) is 1. The summed E-state index contributed by atoms with van der Waals surface area (Å²) >= 11 is 0. The van der Waals surface area contributed by atoms with Crippen LogP contribution < -0.4 is 10.1 Å². The van der Waals surface area contributed by atoms with E-state index in [0.29, 0.717) is 29.9 Å². The quantitative estimate of drug-likeness (QED) is 0.528. The predicted octanol–water partition coefficient (Wildman–Crippen LogP) is 4.66. The number of hydrogen-bond donors (Lipinski definition) is 1. The van der Waals surface area contributed by atoms with Gasteiger partial charge in [0.05, 0.1) is 12.2 Å². The number of anilines is 1. The Labute approximate surface area is 186 Å². The number of carbonyl (C=O) groups is 2. The molecule has 1 N–H and O–H groups in total. The first-order valence-corrected chi connectivity index (χ1v) is 10.5. The van der Waals surface area contributed by atoms with Gasteiger partial charge in [-0.3, -0.25) is 14.5 Å². The van der Waals surface area contributed by atoms with Gasteiger partial charge in [0.2, 0.25) is 0 Å². The lowest BCUT2D eigenvalue weighted by molar-refractivity contribution is -0.136. The summed E-state index contributed by atoms with van der Waals surface area (Å²) in [6, 6.07) is 22.4. The van der Waals surface area contributed by atoms with Gasteiger partial charge in [-0.1, -0.05) is 42.5 Å². The van der Waals surface area contributed by atoms with E-state index in [9.17, 15) is 14.0 Å². The summed E-state index contributed by atoms with van der Waals surface area (Å²) < 4.78 is 18.6. The number of nitrogens with zero attached hydrogens (tertiary/aromatic N) is 1. The van der Waals surface area contributed by atoms with Gasteiger partial charge in [0.1, 0.15) is 17.3 Å². The van der Waals surface area contributed by atoms with E-state index in [4.69, 9.17) is 4.74 Å². The normalized spacial score (nSPS) is 13.6. The van der Waals surface area contributed by atoms with Crippen LogP contribution in [0.15, 0.2) is 84.6 Å². The number of amides is 2. The number of halogens is 1. The number of carbonyl (C=O) groups excluding carboxylic acids is 2. The maximum absolute atomic E-state index is 13.3. The van der Waals surface area contributed by atoms with Gasteiger partial charge < -0.3 is 10.1 Å². The fourth-order valence-electron chi connectivity index (χ4n) is 3.61. The number of nitrogens with one attached hydrogen (secondary N) is 1. The Hall–Kier alpha value is -3.93. The number of imide groups is 1. The molecule has 2 amide bonds. The Bertz CT molecular complexity index is 1140. The molecule has 6 heteroatoms. The monoisotopic (exact) mass is 430 g/mol. The average Bonchev–Trinajstić information content (AvgIpc) is 3.04. The molecule has 1 heterocycles. The minimum atomic E-state index is -0.384. The summed E-state index contributed by atoms with van der Waals surface area (Å²) in [4.78, 5) is 27.7. The summed E-state index contributed by atoms with van der Waals surface area (Å²) in [6.45, 7) is 2.67. The minimum absolute atomic E-state index is 0.202. The predicted molar refractivity (Wildman–Crippen MR) is 121 cm³/mol. The van der Waals surface area contributed by atoms with Gasteiger partial charge in [-0.25, -0.2) is 4.39 Å². The molecular formula is C26H23FN2O3. The van der Waals surface area contributed by atoms with Gasteiger partial charge >= 0.3 is 0 Å². The van der Waals surface area contributed by atoms with Crippen LogP contribution in [0.3, 0.4) is 0 Å². The molecule has 0 unspecified atom stereocenters. The zero-order valence-electron chi connectivity index (χ0n) is 17.7. The molecule has 4 rings (SSSR count). The standard InChI is InChI=1S/C26H23FN2O3/c1-2-32-22-14-12-21(13-15-22)28-24-23(19-6-4-3-5-7-19)25(30)29(26(24)31)17-16-18-8-10-20(27)11-9-18/h3-15,28H,2,16-17H2,1H3. The third kappa shape index (κ3) is 4.54. The number of rotatable bonds is 8. The van der Waals surface area contributed by atoms with E-state index < -0.39 is 0 Å². The minimum Gasteiger partial charge on any atom is -0.494 e. The second kappa shape index (κ2) is 9.47. The van der Waals surface area contributed by atoms with Gasteiger partial charge in [-0.15, -0.1) is 0 Å². The van der Waals surface area contributed by atoms with Crippen LogP contribution in [-0.2, 0) is 16.0 Å². The van der Waals surface area contributed by atoms with Gasteiger partial charge in [0, 0.05) is 12.2 Å². The van der Waals surface area contributed by atoms with E-state index in [1.807, 2.05) is 49.4 Å². The SMILES string of the molecule is CCOc1ccc(NC2=C(c3ccccc3)C(=O)N(CCc3ccc(F)cc3)C2=O)cc1. The van der Waals surface area contributed by atoms with Crippen LogP contribution in [0.2, 0.25) is 0 Å². The highest BCUT2D eigenvalue weighted by Gasteiger charge is 2.38. The molecule has 0 saturated heterocycles. The molecule has 3 aromatic rings. The fraction of sp³-hybridized carbons (Fsp3) is 0.154. The van der Waals surface area contributed by atoms with Crippen LogP contribution >= 0.6 is 0 Å². The van der Waals surface area contributed by atoms with E-state index in [2.05, 4.69) is 5.32 Å². The van der Waals surface area contributed by atoms with Crippen molar-refractivity contribution < 1.29 is 18.7 Å². The highest BCUT2D eigenvalue weighted by Crippen LogP contribution is 2.31. The lowest BCUT2D eigenvalue weighted by Gasteiger charge is -2.15. The zero-order chi connectivity index (χ0) is 22.5. The van der Waals surface area contributed by atoms with Gasteiger partial charge in [0.15, 0.2) is 0 Å². The molecule has 0 aliphatic carbocycles. The first-order valence-electron chi connectivity index (χ1n) is 10.5. The highest BCUT2D eigenvalue weighted by molar-refractivity contribution is 6.36. The highest BCUT2D eigenvalue weighted by atomic mass is 19.1. The Morgan fingerprint density at radius 3 is 2.22 bits per heavy atom. The van der Waals surface area contributed by atoms with Crippen LogP contribution in [0.1, 0.15) is 18.1 Å². The van der Waals surface area contributed by atoms with E-state index in [1.165, 1.54) is 17.0 Å². The third-order valence-corrected chi connectivity index (χ3v) is 5.20. The lowest BCUT2D eigenvalue weighted by atomic mass is 10.0. The van der Waals surface area contributed by atoms with Crippen molar-refractivity contribution in [1.82, 2.24) is 4.90 Å². The summed E-state index contributed by atoms with van der Waals surface area (Å²) in [5.41, 5.74) is 2.77. The molecule has 3 aromatic carbocycles. The van der Waals surface area contributed by atoms with Crippen LogP contribution in [0.25, 0.3) is 5.57 Å². The van der Waals surface area contributed by atoms with E-state index in [0.717, 1.165) is 11.3 Å². The van der Waals surface area contributed by atoms with Gasteiger partial charge in [0.25, 0.3) is 11.8 Å². The molecule has 0 aromatic heterocycles. The lowest BCUT2D eigenvalue weighted by Crippen LogP contribution is -2.34. The second-order valence-electron chi connectivity index (χ2n) is 7.34. The van der Waals surface area contributed by atoms with Crippen molar-refractivity contribution in [2.45, 2.75) is 13.3 Å². The Morgan fingerprint density at radius 1 is 0.875 bits per heavy atom. The summed E-state index contributed by atoms with van der Waals surface area (Å²) in [6.07, 6.45) is 0.441. The third-order valence-electron chi connectivity index (χ3n) is 5.20. The van der Waals surface area contributed by atoms with Crippen LogP contribution in [-0.4, -0.2) is 29.9 Å². The van der Waals surface area contributed by atoms with Gasteiger partial charge in [-0.2, -0.15) is 0 Å². The molecule has 5 nitrogen and oxygen atoms in total. The first-order chi connectivity index (χ1) is 15.6. The van der Waals surface area contributed by atoms with Crippen molar-refractivity contribution in [1.29, 1.82) is 0 Å². The molecule has 0 bridgehead atoms. The number of benzene rings is 3. The van der Waals surface area contributed by atoms with Crippen LogP contribution in [0.4, 0.5) is 10.1 Å². The van der Waals surface area contributed by atoms with Crippen molar-refractivity contribution in [2.24, 2.45) is 0 Å².